The Kier molecular flexibility index (Phi) is 18.1. The van der Waals surface area contributed by atoms with Crippen LogP contribution in [0, 0.1) is 0 Å². The second-order valence-electron chi connectivity index (χ2n) is 2.77. The minimum Gasteiger partial charge on any atom is -0.478 e. The molecule has 0 aromatic rings. The van der Waals surface area contributed by atoms with Crippen molar-refractivity contribution in [2.75, 3.05) is 0 Å². The standard InChI is InChI=1S/C5H8O2.C4H8.C2H4/c1-4(2)3-5(6)7;1-4(2)3;1-2/h3H,1-2H3,(H,6,7);1H2,2-3H3;1-2H2. The van der Waals surface area contributed by atoms with Gasteiger partial charge in [-0.25, -0.2) is 4.79 Å². The van der Waals surface area contributed by atoms with Gasteiger partial charge in [-0.3, -0.25) is 0 Å². The summed E-state index contributed by atoms with van der Waals surface area (Å²) in [5.74, 6) is -0.875. The highest BCUT2D eigenvalue weighted by atomic mass is 16.4. The van der Waals surface area contributed by atoms with Crippen LogP contribution in [0.15, 0.2) is 37.0 Å². The summed E-state index contributed by atoms with van der Waals surface area (Å²) in [7, 11) is 0. The van der Waals surface area contributed by atoms with Gasteiger partial charge in [0.1, 0.15) is 0 Å². The lowest BCUT2D eigenvalue weighted by atomic mass is 10.3. The molecule has 0 saturated heterocycles. The van der Waals surface area contributed by atoms with Gasteiger partial charge < -0.3 is 5.11 Å². The summed E-state index contributed by atoms with van der Waals surface area (Å²) < 4.78 is 0. The van der Waals surface area contributed by atoms with Crippen LogP contribution in [0.4, 0.5) is 0 Å². The monoisotopic (exact) mass is 184 g/mol. The summed E-state index contributed by atoms with van der Waals surface area (Å²) in [6, 6.07) is 0. The van der Waals surface area contributed by atoms with Gasteiger partial charge in [-0.1, -0.05) is 11.1 Å². The molecule has 1 N–H and O–H groups in total. The minimum absolute atomic E-state index is 0.813. The number of carbonyl (C=O) groups is 1. The number of carboxylic acid groups (broad SMARTS) is 1. The van der Waals surface area contributed by atoms with Crippen LogP contribution >= 0.6 is 0 Å². The van der Waals surface area contributed by atoms with Crippen LogP contribution < -0.4 is 0 Å². The second kappa shape index (κ2) is 13.3. The summed E-state index contributed by atoms with van der Waals surface area (Å²) in [5, 5.41) is 8.01. The molecule has 0 saturated carbocycles. The summed E-state index contributed by atoms with van der Waals surface area (Å²) in [5.41, 5.74) is 1.98. The molecule has 0 aliphatic heterocycles. The molecule has 0 rings (SSSR count). The van der Waals surface area contributed by atoms with Gasteiger partial charge in [-0.2, -0.15) is 0 Å². The smallest absolute Gasteiger partial charge is 0.328 e. The third-order valence-electron chi connectivity index (χ3n) is 0.412. The molecule has 0 atom stereocenters. The van der Waals surface area contributed by atoms with E-state index in [9.17, 15) is 4.79 Å². The summed E-state index contributed by atoms with van der Waals surface area (Å²) in [4.78, 5) is 9.73. The van der Waals surface area contributed by atoms with Crippen molar-refractivity contribution in [3.05, 3.63) is 37.0 Å². The van der Waals surface area contributed by atoms with E-state index in [2.05, 4.69) is 19.7 Å². The van der Waals surface area contributed by atoms with E-state index in [0.29, 0.717) is 0 Å². The van der Waals surface area contributed by atoms with Crippen LogP contribution in [-0.4, -0.2) is 11.1 Å². The van der Waals surface area contributed by atoms with Crippen LogP contribution in [0.25, 0.3) is 0 Å². The van der Waals surface area contributed by atoms with Crippen molar-refractivity contribution in [1.82, 2.24) is 0 Å². The zero-order valence-corrected chi connectivity index (χ0v) is 9.05. The van der Waals surface area contributed by atoms with Crippen molar-refractivity contribution < 1.29 is 9.90 Å². The van der Waals surface area contributed by atoms with Gasteiger partial charge in [-0.15, -0.1) is 19.7 Å². The maximum atomic E-state index is 9.73. The quantitative estimate of drug-likeness (QED) is 0.501. The highest BCUT2D eigenvalue weighted by molar-refractivity contribution is 5.80. The first-order valence-electron chi connectivity index (χ1n) is 3.86. The summed E-state index contributed by atoms with van der Waals surface area (Å²) >= 11 is 0. The van der Waals surface area contributed by atoms with Crippen molar-refractivity contribution in [3.63, 3.8) is 0 Å². The van der Waals surface area contributed by atoms with Gasteiger partial charge in [0.05, 0.1) is 0 Å². The van der Waals surface area contributed by atoms with Gasteiger partial charge >= 0.3 is 5.97 Å². The van der Waals surface area contributed by atoms with Gasteiger partial charge in [0.2, 0.25) is 0 Å². The number of allylic oxidation sites excluding steroid dienone is 2. The predicted octanol–water partition coefficient (Wildman–Crippen LogP) is 3.42. The molecular weight excluding hydrogens is 164 g/mol. The van der Waals surface area contributed by atoms with E-state index in [1.165, 1.54) is 11.6 Å². The van der Waals surface area contributed by atoms with Gasteiger partial charge in [0.15, 0.2) is 0 Å². The molecule has 76 valence electrons. The molecule has 0 bridgehead atoms. The normalized spacial score (nSPS) is 6.46. The summed E-state index contributed by atoms with van der Waals surface area (Å²) in [6.45, 7) is 17.0. The van der Waals surface area contributed by atoms with Crippen molar-refractivity contribution in [3.8, 4) is 0 Å². The second-order valence-corrected chi connectivity index (χ2v) is 2.77. The number of rotatable bonds is 1. The topological polar surface area (TPSA) is 37.3 Å². The fourth-order valence-corrected chi connectivity index (χ4v) is 0.247. The third kappa shape index (κ3) is 112. The first kappa shape index (κ1) is 17.7. The van der Waals surface area contributed by atoms with Crippen LogP contribution in [0.1, 0.15) is 27.7 Å². The Labute approximate surface area is 81.3 Å². The molecule has 0 aliphatic carbocycles. The van der Waals surface area contributed by atoms with Gasteiger partial charge in [0.25, 0.3) is 0 Å². The van der Waals surface area contributed by atoms with Gasteiger partial charge in [0, 0.05) is 6.08 Å². The van der Waals surface area contributed by atoms with E-state index in [1.807, 2.05) is 13.8 Å². The van der Waals surface area contributed by atoms with E-state index >= 15 is 0 Å². The van der Waals surface area contributed by atoms with E-state index < -0.39 is 5.97 Å². The number of aliphatic carboxylic acids is 1. The average Bonchev–Trinajstić information content (AvgIpc) is 1.87. The Balaban J connectivity index is -0.000000142. The number of carboxylic acids is 1. The Morgan fingerprint density at radius 3 is 1.38 bits per heavy atom. The first-order chi connectivity index (χ1) is 5.86. The zero-order chi connectivity index (χ0) is 11.4. The molecular formula is C11H20O2. The maximum absolute atomic E-state index is 9.73. The first-order valence-corrected chi connectivity index (χ1v) is 3.86. The van der Waals surface area contributed by atoms with E-state index in [-0.39, 0.29) is 0 Å². The van der Waals surface area contributed by atoms with Crippen LogP contribution in [0.2, 0.25) is 0 Å². The molecule has 13 heavy (non-hydrogen) atoms. The van der Waals surface area contributed by atoms with Crippen molar-refractivity contribution in [1.29, 1.82) is 0 Å². The molecule has 0 aliphatic rings. The lowest BCUT2D eigenvalue weighted by molar-refractivity contribution is -0.131. The molecule has 0 aromatic heterocycles. The highest BCUT2D eigenvalue weighted by Gasteiger charge is 1.83. The SMILES string of the molecule is C=C.C=C(C)C.CC(C)=CC(=O)O. The van der Waals surface area contributed by atoms with Crippen LogP contribution in [-0.2, 0) is 4.79 Å². The van der Waals surface area contributed by atoms with Crippen LogP contribution in [0.3, 0.4) is 0 Å². The average molecular weight is 184 g/mol. The van der Waals surface area contributed by atoms with Gasteiger partial charge in [-0.05, 0) is 27.7 Å². The van der Waals surface area contributed by atoms with E-state index in [1.54, 1.807) is 13.8 Å². The molecule has 0 radical (unpaired) electrons. The lowest BCUT2D eigenvalue weighted by Gasteiger charge is -1.79. The van der Waals surface area contributed by atoms with Crippen molar-refractivity contribution >= 4 is 5.97 Å². The molecule has 0 spiro atoms. The molecule has 0 unspecified atom stereocenters. The van der Waals surface area contributed by atoms with Crippen molar-refractivity contribution in [2.24, 2.45) is 0 Å². The zero-order valence-electron chi connectivity index (χ0n) is 9.05. The third-order valence-corrected chi connectivity index (χ3v) is 0.412. The van der Waals surface area contributed by atoms with E-state index in [4.69, 9.17) is 5.11 Å². The molecule has 0 fully saturated rings. The molecule has 2 nitrogen and oxygen atoms in total. The fraction of sp³-hybridized carbons (Fsp3) is 0.364. The van der Waals surface area contributed by atoms with Crippen molar-refractivity contribution in [2.45, 2.75) is 27.7 Å². The summed E-state index contributed by atoms with van der Waals surface area (Å²) in [6.07, 6.45) is 1.17. The largest absolute Gasteiger partial charge is 0.478 e. The Morgan fingerprint density at radius 2 is 1.38 bits per heavy atom. The molecule has 0 aromatic carbocycles. The number of hydrogen-bond acceptors (Lipinski definition) is 1. The highest BCUT2D eigenvalue weighted by Crippen LogP contribution is 1.85. The van der Waals surface area contributed by atoms with Crippen LogP contribution in [0.5, 0.6) is 0 Å². The Morgan fingerprint density at radius 1 is 1.15 bits per heavy atom. The predicted molar refractivity (Wildman–Crippen MR) is 58.8 cm³/mol. The minimum atomic E-state index is -0.875. The Bertz CT molecular complexity index is 171. The lowest BCUT2D eigenvalue weighted by Crippen LogP contribution is -1.86. The maximum Gasteiger partial charge on any atom is 0.328 e. The number of hydrogen-bond donors (Lipinski definition) is 1. The molecule has 0 amide bonds. The Hall–Kier alpha value is -1.31. The molecule has 2 heteroatoms. The van der Waals surface area contributed by atoms with E-state index in [0.717, 1.165) is 5.57 Å². The fourth-order valence-electron chi connectivity index (χ4n) is 0.247. The molecule has 0 heterocycles.